The van der Waals surface area contributed by atoms with Crippen molar-refractivity contribution < 1.29 is 18.7 Å². The molecule has 1 aromatic heterocycles. The van der Waals surface area contributed by atoms with E-state index < -0.39 is 5.82 Å². The van der Waals surface area contributed by atoms with Crippen LogP contribution in [-0.2, 0) is 4.79 Å². The number of benzene rings is 1. The molecule has 1 fully saturated rings. The van der Waals surface area contributed by atoms with Crippen molar-refractivity contribution in [3.8, 4) is 5.75 Å². The number of hydrogen-bond donors (Lipinski definition) is 3. The van der Waals surface area contributed by atoms with Crippen molar-refractivity contribution in [2.45, 2.75) is 31.7 Å². The van der Waals surface area contributed by atoms with Crippen molar-refractivity contribution in [2.24, 2.45) is 5.92 Å². The third kappa shape index (κ3) is 6.32. The molecule has 3 N–H and O–H groups in total. The van der Waals surface area contributed by atoms with Gasteiger partial charge in [0.25, 0.3) is 11.8 Å². The monoisotopic (exact) mass is 435 g/mol. The van der Waals surface area contributed by atoms with Crippen LogP contribution in [0.3, 0.4) is 0 Å². The number of aromatic nitrogens is 1. The van der Waals surface area contributed by atoms with Gasteiger partial charge in [0.05, 0.1) is 5.02 Å². The van der Waals surface area contributed by atoms with E-state index in [1.165, 1.54) is 24.4 Å². The summed E-state index contributed by atoms with van der Waals surface area (Å²) in [6.07, 6.45) is 4.77. The molecule has 0 unspecified atom stereocenters. The minimum absolute atomic E-state index is 0.00261. The maximum Gasteiger partial charge on any atom is 0.258 e. The fourth-order valence-corrected chi connectivity index (χ4v) is 3.54. The summed E-state index contributed by atoms with van der Waals surface area (Å²) >= 11 is 5.61. The van der Waals surface area contributed by atoms with Crippen LogP contribution in [0.15, 0.2) is 41.3 Å². The number of ether oxygens (including phenoxy) is 1. The van der Waals surface area contributed by atoms with E-state index in [0.717, 1.165) is 31.7 Å². The van der Waals surface area contributed by atoms with Crippen LogP contribution >= 0.6 is 11.6 Å². The molecule has 30 heavy (non-hydrogen) atoms. The third-order valence-electron chi connectivity index (χ3n) is 5.06. The van der Waals surface area contributed by atoms with Crippen LogP contribution in [0.5, 0.6) is 5.75 Å². The van der Waals surface area contributed by atoms with E-state index in [0.29, 0.717) is 18.0 Å². The quantitative estimate of drug-likeness (QED) is 0.622. The lowest BCUT2D eigenvalue weighted by Gasteiger charge is -2.29. The maximum atomic E-state index is 13.4. The first-order chi connectivity index (χ1) is 14.4. The first kappa shape index (κ1) is 21.8. The summed E-state index contributed by atoms with van der Waals surface area (Å²) in [6.45, 7) is 0.324. The molecule has 3 rings (SSSR count). The standard InChI is InChI=1S/C21H23ClFN3O4/c22-17-6-5-16(10-18(17)23)30-12-20(28)26-15-3-1-13(2-4-15)11-25-21(29)14-7-8-24-19(27)9-14/h5-10,13,15H,1-4,11-12H2,(H,24,27)(H,25,29)(H,26,28). The van der Waals surface area contributed by atoms with Gasteiger partial charge in [0.15, 0.2) is 6.61 Å². The zero-order valence-corrected chi connectivity index (χ0v) is 17.0. The summed E-state index contributed by atoms with van der Waals surface area (Å²) in [5.74, 6) is -0.577. The van der Waals surface area contributed by atoms with Crippen molar-refractivity contribution in [3.05, 3.63) is 63.3 Å². The highest BCUT2D eigenvalue weighted by molar-refractivity contribution is 6.30. The number of carbonyl (C=O) groups is 2. The van der Waals surface area contributed by atoms with Gasteiger partial charge in [-0.25, -0.2) is 4.39 Å². The van der Waals surface area contributed by atoms with Gasteiger partial charge in [-0.05, 0) is 49.8 Å². The van der Waals surface area contributed by atoms with Gasteiger partial charge < -0.3 is 20.4 Å². The summed E-state index contributed by atoms with van der Waals surface area (Å²) in [7, 11) is 0. The molecule has 2 aromatic rings. The summed E-state index contributed by atoms with van der Waals surface area (Å²) in [5.41, 5.74) is 0.0179. The second-order valence-electron chi connectivity index (χ2n) is 7.30. The molecule has 1 aliphatic carbocycles. The number of nitrogens with one attached hydrogen (secondary N) is 3. The van der Waals surface area contributed by atoms with Crippen molar-refractivity contribution in [3.63, 3.8) is 0 Å². The molecular weight excluding hydrogens is 413 g/mol. The Balaban J connectivity index is 1.35. The SMILES string of the molecule is O=C(COc1ccc(Cl)c(F)c1)NC1CCC(CNC(=O)c2cc[nH]c(=O)c2)CC1. The van der Waals surface area contributed by atoms with Gasteiger partial charge in [-0.15, -0.1) is 0 Å². The number of H-pyrrole nitrogens is 1. The molecule has 7 nitrogen and oxygen atoms in total. The van der Waals surface area contributed by atoms with Crippen molar-refractivity contribution in [1.29, 1.82) is 0 Å². The Kier molecular flexibility index (Phi) is 7.46. The summed E-state index contributed by atoms with van der Waals surface area (Å²) in [5, 5.41) is 5.78. The molecule has 1 aromatic carbocycles. The number of pyridine rings is 1. The van der Waals surface area contributed by atoms with Gasteiger partial charge in [0, 0.05) is 36.5 Å². The lowest BCUT2D eigenvalue weighted by atomic mass is 9.86. The van der Waals surface area contributed by atoms with Gasteiger partial charge >= 0.3 is 0 Å². The zero-order valence-electron chi connectivity index (χ0n) is 16.3. The minimum Gasteiger partial charge on any atom is -0.484 e. The van der Waals surface area contributed by atoms with E-state index in [-0.39, 0.29) is 40.8 Å². The normalized spacial score (nSPS) is 18.5. The van der Waals surface area contributed by atoms with Crippen LogP contribution in [0, 0.1) is 11.7 Å². The van der Waals surface area contributed by atoms with Gasteiger partial charge in [-0.1, -0.05) is 11.6 Å². The second-order valence-corrected chi connectivity index (χ2v) is 7.71. The van der Waals surface area contributed by atoms with Crippen molar-refractivity contribution in [1.82, 2.24) is 15.6 Å². The first-order valence-corrected chi connectivity index (χ1v) is 10.1. The molecule has 0 saturated heterocycles. The van der Waals surface area contributed by atoms with E-state index >= 15 is 0 Å². The summed E-state index contributed by atoms with van der Waals surface area (Å²) in [4.78, 5) is 37.9. The number of halogens is 2. The highest BCUT2D eigenvalue weighted by Crippen LogP contribution is 2.24. The Bertz CT molecular complexity index is 957. The Morgan fingerprint density at radius 3 is 2.63 bits per heavy atom. The van der Waals surface area contributed by atoms with Gasteiger partial charge in [-0.2, -0.15) is 0 Å². The van der Waals surface area contributed by atoms with Crippen LogP contribution in [0.25, 0.3) is 0 Å². The van der Waals surface area contributed by atoms with E-state index in [1.54, 1.807) is 6.07 Å². The lowest BCUT2D eigenvalue weighted by Crippen LogP contribution is -2.41. The Labute approximate surface area is 178 Å². The molecule has 0 spiro atoms. The predicted molar refractivity (Wildman–Crippen MR) is 110 cm³/mol. The molecular formula is C21H23ClFN3O4. The molecule has 1 saturated carbocycles. The lowest BCUT2D eigenvalue weighted by molar-refractivity contribution is -0.124. The van der Waals surface area contributed by atoms with Crippen molar-refractivity contribution >= 4 is 23.4 Å². The van der Waals surface area contributed by atoms with Crippen LogP contribution in [-0.4, -0.2) is 36.0 Å². The van der Waals surface area contributed by atoms with Gasteiger partial charge in [-0.3, -0.25) is 14.4 Å². The topological polar surface area (TPSA) is 100 Å². The Morgan fingerprint density at radius 2 is 1.93 bits per heavy atom. The Hall–Kier alpha value is -2.87. The zero-order chi connectivity index (χ0) is 21.5. The summed E-state index contributed by atoms with van der Waals surface area (Å²) in [6, 6.07) is 6.89. The molecule has 0 atom stereocenters. The van der Waals surface area contributed by atoms with Gasteiger partial charge in [0.1, 0.15) is 11.6 Å². The smallest absolute Gasteiger partial charge is 0.258 e. The average molecular weight is 436 g/mol. The summed E-state index contributed by atoms with van der Waals surface area (Å²) < 4.78 is 18.7. The molecule has 2 amide bonds. The van der Waals surface area contributed by atoms with Crippen LogP contribution < -0.4 is 20.9 Å². The highest BCUT2D eigenvalue weighted by atomic mass is 35.5. The number of amides is 2. The van der Waals surface area contributed by atoms with Crippen molar-refractivity contribution in [2.75, 3.05) is 13.2 Å². The maximum absolute atomic E-state index is 13.4. The number of aromatic amines is 1. The largest absolute Gasteiger partial charge is 0.484 e. The van der Waals surface area contributed by atoms with E-state index in [4.69, 9.17) is 16.3 Å². The molecule has 1 aliphatic rings. The molecule has 9 heteroatoms. The highest BCUT2D eigenvalue weighted by Gasteiger charge is 2.23. The molecule has 1 heterocycles. The minimum atomic E-state index is -0.598. The fraction of sp³-hybridized carbons (Fsp3) is 0.381. The number of carbonyl (C=O) groups excluding carboxylic acids is 2. The average Bonchev–Trinajstić information content (AvgIpc) is 2.74. The van der Waals surface area contributed by atoms with E-state index in [1.807, 2.05) is 0 Å². The van der Waals surface area contributed by atoms with E-state index in [2.05, 4.69) is 15.6 Å². The van der Waals surface area contributed by atoms with E-state index in [9.17, 15) is 18.8 Å². The Morgan fingerprint density at radius 1 is 1.17 bits per heavy atom. The molecule has 0 aliphatic heterocycles. The molecule has 0 bridgehead atoms. The number of rotatable bonds is 7. The molecule has 0 radical (unpaired) electrons. The second kappa shape index (κ2) is 10.2. The van der Waals surface area contributed by atoms with Gasteiger partial charge in [0.2, 0.25) is 5.56 Å². The fourth-order valence-electron chi connectivity index (χ4n) is 3.42. The van der Waals surface area contributed by atoms with Crippen LogP contribution in [0.2, 0.25) is 5.02 Å². The number of hydrogen-bond acceptors (Lipinski definition) is 4. The van der Waals surface area contributed by atoms with Crippen LogP contribution in [0.1, 0.15) is 36.0 Å². The van der Waals surface area contributed by atoms with Crippen LogP contribution in [0.4, 0.5) is 4.39 Å². The predicted octanol–water partition coefficient (Wildman–Crippen LogP) is 2.65. The first-order valence-electron chi connectivity index (χ1n) is 9.75. The third-order valence-corrected chi connectivity index (χ3v) is 5.37. The molecule has 160 valence electrons.